The molecule has 0 aromatic heterocycles. The zero-order valence-corrected chi connectivity index (χ0v) is 9.54. The van der Waals surface area contributed by atoms with E-state index in [0.717, 1.165) is 50.1 Å². The Morgan fingerprint density at radius 3 is 2.53 bits per heavy atom. The van der Waals surface area contributed by atoms with Gasteiger partial charge < -0.3 is 10.4 Å². The van der Waals surface area contributed by atoms with Crippen LogP contribution in [0.2, 0.25) is 0 Å². The number of hydrogen-bond donors (Lipinski definition) is 2. The standard InChI is InChI=1S/C13H23NO/c15-13(3-5-14-6-4-13)9-12-8-10-1-2-11(12)7-10/h10-12,14-15H,1-9H2. The molecular weight excluding hydrogens is 186 g/mol. The summed E-state index contributed by atoms with van der Waals surface area (Å²) in [5.41, 5.74) is -0.319. The second-order valence-corrected chi connectivity index (χ2v) is 6.11. The fraction of sp³-hybridized carbons (Fsp3) is 1.00. The minimum Gasteiger partial charge on any atom is -0.390 e. The molecule has 2 aliphatic carbocycles. The molecule has 2 saturated carbocycles. The van der Waals surface area contributed by atoms with Crippen molar-refractivity contribution in [1.82, 2.24) is 5.32 Å². The van der Waals surface area contributed by atoms with E-state index in [1.165, 1.54) is 25.7 Å². The van der Waals surface area contributed by atoms with Gasteiger partial charge in [-0.3, -0.25) is 0 Å². The second-order valence-electron chi connectivity index (χ2n) is 6.11. The Hall–Kier alpha value is -0.0800. The van der Waals surface area contributed by atoms with Gasteiger partial charge in [-0.15, -0.1) is 0 Å². The SMILES string of the molecule is OC1(CC2CC3CCC2C3)CCNCC1. The first-order valence-electron chi connectivity index (χ1n) is 6.68. The maximum atomic E-state index is 10.5. The average molecular weight is 209 g/mol. The Morgan fingerprint density at radius 2 is 1.93 bits per heavy atom. The minimum atomic E-state index is -0.319. The zero-order valence-electron chi connectivity index (χ0n) is 9.54. The molecular formula is C13H23NO. The van der Waals surface area contributed by atoms with Crippen LogP contribution in [-0.4, -0.2) is 23.8 Å². The normalized spacial score (nSPS) is 43.4. The molecule has 2 heteroatoms. The maximum Gasteiger partial charge on any atom is 0.0674 e. The fourth-order valence-electron chi connectivity index (χ4n) is 4.21. The molecule has 1 heterocycles. The van der Waals surface area contributed by atoms with Gasteiger partial charge in [0.15, 0.2) is 0 Å². The first-order chi connectivity index (χ1) is 7.25. The fourth-order valence-corrected chi connectivity index (χ4v) is 4.21. The molecule has 0 aromatic rings. The largest absolute Gasteiger partial charge is 0.390 e. The summed E-state index contributed by atoms with van der Waals surface area (Å²) in [7, 11) is 0. The summed E-state index contributed by atoms with van der Waals surface area (Å²) in [6.07, 6.45) is 8.85. The molecule has 3 atom stereocenters. The highest BCUT2D eigenvalue weighted by Gasteiger charge is 2.43. The summed E-state index contributed by atoms with van der Waals surface area (Å²) in [6.45, 7) is 2.02. The lowest BCUT2D eigenvalue weighted by Gasteiger charge is -2.37. The van der Waals surface area contributed by atoms with E-state index in [0.29, 0.717) is 0 Å². The first kappa shape index (κ1) is 10.1. The molecule has 2 N–H and O–H groups in total. The van der Waals surface area contributed by atoms with Gasteiger partial charge in [0.1, 0.15) is 0 Å². The van der Waals surface area contributed by atoms with Gasteiger partial charge in [0.25, 0.3) is 0 Å². The summed E-state index contributed by atoms with van der Waals surface area (Å²) in [6, 6.07) is 0. The topological polar surface area (TPSA) is 32.3 Å². The van der Waals surface area contributed by atoms with Gasteiger partial charge in [-0.05, 0) is 69.4 Å². The molecule has 3 aliphatic rings. The number of nitrogens with one attached hydrogen (secondary N) is 1. The van der Waals surface area contributed by atoms with E-state index >= 15 is 0 Å². The van der Waals surface area contributed by atoms with Crippen LogP contribution in [-0.2, 0) is 0 Å². The Balaban J connectivity index is 1.60. The van der Waals surface area contributed by atoms with Crippen molar-refractivity contribution >= 4 is 0 Å². The van der Waals surface area contributed by atoms with Crippen LogP contribution in [0, 0.1) is 17.8 Å². The van der Waals surface area contributed by atoms with Crippen LogP contribution in [0.25, 0.3) is 0 Å². The van der Waals surface area contributed by atoms with Crippen molar-refractivity contribution < 1.29 is 5.11 Å². The van der Waals surface area contributed by atoms with Crippen molar-refractivity contribution in [2.75, 3.05) is 13.1 Å². The van der Waals surface area contributed by atoms with Crippen LogP contribution in [0.4, 0.5) is 0 Å². The molecule has 3 rings (SSSR count). The molecule has 0 spiro atoms. The number of aliphatic hydroxyl groups is 1. The summed E-state index contributed by atoms with van der Waals surface area (Å²) in [5, 5.41) is 13.9. The second kappa shape index (κ2) is 3.74. The minimum absolute atomic E-state index is 0.319. The van der Waals surface area contributed by atoms with Crippen molar-refractivity contribution in [3.05, 3.63) is 0 Å². The van der Waals surface area contributed by atoms with E-state index in [-0.39, 0.29) is 5.60 Å². The van der Waals surface area contributed by atoms with Crippen molar-refractivity contribution in [3.8, 4) is 0 Å². The first-order valence-corrected chi connectivity index (χ1v) is 6.68. The lowest BCUT2D eigenvalue weighted by Crippen LogP contribution is -2.43. The van der Waals surface area contributed by atoms with Crippen LogP contribution in [0.5, 0.6) is 0 Å². The van der Waals surface area contributed by atoms with E-state index < -0.39 is 0 Å². The molecule has 3 fully saturated rings. The highest BCUT2D eigenvalue weighted by atomic mass is 16.3. The van der Waals surface area contributed by atoms with Gasteiger partial charge in [-0.2, -0.15) is 0 Å². The van der Waals surface area contributed by atoms with Gasteiger partial charge in [0.05, 0.1) is 5.60 Å². The quantitative estimate of drug-likeness (QED) is 0.728. The molecule has 0 aromatic carbocycles. The zero-order chi connectivity index (χ0) is 10.3. The lowest BCUT2D eigenvalue weighted by molar-refractivity contribution is -0.0185. The van der Waals surface area contributed by atoms with Gasteiger partial charge >= 0.3 is 0 Å². The van der Waals surface area contributed by atoms with Crippen molar-refractivity contribution in [2.45, 2.75) is 50.5 Å². The van der Waals surface area contributed by atoms with Crippen LogP contribution < -0.4 is 5.32 Å². The highest BCUT2D eigenvalue weighted by Crippen LogP contribution is 2.51. The molecule has 0 radical (unpaired) electrons. The molecule has 0 amide bonds. The van der Waals surface area contributed by atoms with Crippen LogP contribution in [0.3, 0.4) is 0 Å². The number of piperidine rings is 1. The molecule has 2 bridgehead atoms. The third-order valence-corrected chi connectivity index (χ3v) is 5.06. The molecule has 86 valence electrons. The van der Waals surface area contributed by atoms with Gasteiger partial charge in [0, 0.05) is 0 Å². The summed E-state index contributed by atoms with van der Waals surface area (Å²) in [5.74, 6) is 2.84. The molecule has 1 saturated heterocycles. The molecule has 2 nitrogen and oxygen atoms in total. The lowest BCUT2D eigenvalue weighted by atomic mass is 9.77. The smallest absolute Gasteiger partial charge is 0.0674 e. The van der Waals surface area contributed by atoms with Crippen molar-refractivity contribution in [3.63, 3.8) is 0 Å². The number of rotatable bonds is 2. The van der Waals surface area contributed by atoms with E-state index in [1.54, 1.807) is 0 Å². The third kappa shape index (κ3) is 1.94. The molecule has 1 aliphatic heterocycles. The molecule has 15 heavy (non-hydrogen) atoms. The van der Waals surface area contributed by atoms with Crippen LogP contribution >= 0.6 is 0 Å². The molecule has 3 unspecified atom stereocenters. The Morgan fingerprint density at radius 1 is 1.13 bits per heavy atom. The summed E-state index contributed by atoms with van der Waals surface area (Å²) in [4.78, 5) is 0. The predicted octanol–water partition coefficient (Wildman–Crippen LogP) is 1.93. The summed E-state index contributed by atoms with van der Waals surface area (Å²) >= 11 is 0. The maximum absolute atomic E-state index is 10.5. The van der Waals surface area contributed by atoms with Gasteiger partial charge in [0.2, 0.25) is 0 Å². The van der Waals surface area contributed by atoms with Crippen molar-refractivity contribution in [1.29, 1.82) is 0 Å². The Labute approximate surface area is 92.4 Å². The van der Waals surface area contributed by atoms with E-state index in [1.807, 2.05) is 0 Å². The van der Waals surface area contributed by atoms with Crippen LogP contribution in [0.15, 0.2) is 0 Å². The van der Waals surface area contributed by atoms with E-state index in [2.05, 4.69) is 5.32 Å². The highest BCUT2D eigenvalue weighted by molar-refractivity contribution is 4.95. The number of fused-ring (bicyclic) bond motifs is 2. The average Bonchev–Trinajstić information content (AvgIpc) is 2.79. The van der Waals surface area contributed by atoms with Gasteiger partial charge in [-0.25, -0.2) is 0 Å². The summed E-state index contributed by atoms with van der Waals surface area (Å²) < 4.78 is 0. The van der Waals surface area contributed by atoms with E-state index in [4.69, 9.17) is 0 Å². The Bertz CT molecular complexity index is 235. The van der Waals surface area contributed by atoms with Crippen LogP contribution in [0.1, 0.15) is 44.9 Å². The third-order valence-electron chi connectivity index (χ3n) is 5.06. The van der Waals surface area contributed by atoms with E-state index in [9.17, 15) is 5.11 Å². The Kier molecular flexibility index (Phi) is 2.52. The monoisotopic (exact) mass is 209 g/mol. The van der Waals surface area contributed by atoms with Gasteiger partial charge in [-0.1, -0.05) is 6.42 Å². The van der Waals surface area contributed by atoms with Crippen molar-refractivity contribution in [2.24, 2.45) is 17.8 Å². The number of hydrogen-bond acceptors (Lipinski definition) is 2. The predicted molar refractivity (Wildman–Crippen MR) is 60.6 cm³/mol.